The lowest BCUT2D eigenvalue weighted by Crippen LogP contribution is -2.43. The zero-order chi connectivity index (χ0) is 30.9. The Labute approximate surface area is 259 Å². The van der Waals surface area contributed by atoms with Crippen molar-refractivity contribution in [1.82, 2.24) is 14.9 Å². The predicted molar refractivity (Wildman–Crippen MR) is 169 cm³/mol. The summed E-state index contributed by atoms with van der Waals surface area (Å²) < 4.78 is 33.1. The first kappa shape index (κ1) is 31.0. The van der Waals surface area contributed by atoms with E-state index in [0.29, 0.717) is 24.3 Å². The summed E-state index contributed by atoms with van der Waals surface area (Å²) >= 11 is 0. The van der Waals surface area contributed by atoms with Crippen LogP contribution in [0.4, 0.5) is 0 Å². The minimum atomic E-state index is -3.55. The zero-order valence-electron chi connectivity index (χ0n) is 24.7. The van der Waals surface area contributed by atoms with Gasteiger partial charge in [0.15, 0.2) is 0 Å². The predicted octanol–water partition coefficient (Wildman–Crippen LogP) is 5.16. The molecule has 0 saturated heterocycles. The molecular formula is C35H37N3O5S. The van der Waals surface area contributed by atoms with E-state index in [1.54, 1.807) is 36.3 Å². The monoisotopic (exact) mass is 611 g/mol. The largest absolute Gasteiger partial charge is 0.497 e. The van der Waals surface area contributed by atoms with E-state index >= 15 is 0 Å². The van der Waals surface area contributed by atoms with Gasteiger partial charge in [0, 0.05) is 25.6 Å². The topological polar surface area (TPSA) is 105 Å². The van der Waals surface area contributed by atoms with Crippen LogP contribution in [0, 0.1) is 0 Å². The fraction of sp³-hybridized carbons (Fsp3) is 0.257. The molecule has 5 rings (SSSR count). The van der Waals surface area contributed by atoms with Gasteiger partial charge in [-0.3, -0.25) is 9.59 Å². The number of methoxy groups -OCH3 is 1. The zero-order valence-corrected chi connectivity index (χ0v) is 25.5. The van der Waals surface area contributed by atoms with Crippen molar-refractivity contribution in [2.45, 2.75) is 55.8 Å². The Morgan fingerprint density at radius 1 is 0.818 bits per heavy atom. The molecule has 1 atom stereocenters. The Kier molecular flexibility index (Phi) is 10.1. The summed E-state index contributed by atoms with van der Waals surface area (Å²) in [5.41, 5.74) is 3.35. The van der Waals surface area contributed by atoms with Crippen LogP contribution in [0.5, 0.6) is 5.75 Å². The van der Waals surface area contributed by atoms with Gasteiger partial charge in [0.25, 0.3) is 0 Å². The van der Waals surface area contributed by atoms with E-state index in [2.05, 4.69) is 10.0 Å². The van der Waals surface area contributed by atoms with Crippen LogP contribution in [-0.4, -0.2) is 38.3 Å². The second-order valence-corrected chi connectivity index (χ2v) is 12.6. The molecule has 1 fully saturated rings. The van der Waals surface area contributed by atoms with Crippen molar-refractivity contribution >= 4 is 21.8 Å². The molecule has 4 aromatic carbocycles. The molecule has 1 aliphatic rings. The summed E-state index contributed by atoms with van der Waals surface area (Å²) in [5, 5.41) is 3.03. The van der Waals surface area contributed by atoms with Crippen molar-refractivity contribution in [3.63, 3.8) is 0 Å². The van der Waals surface area contributed by atoms with Gasteiger partial charge in [-0.2, -0.15) is 0 Å². The maximum absolute atomic E-state index is 14.0. The SMILES string of the molecule is COc1ccc(CN(C(=O)CCc2ccc(S(=O)(=O)NC3CC3)cc2)[C@@H](C(=O)NCc2ccccc2)c2ccccc2)cc1. The van der Waals surface area contributed by atoms with Crippen LogP contribution in [0.3, 0.4) is 0 Å². The second kappa shape index (κ2) is 14.3. The van der Waals surface area contributed by atoms with E-state index in [1.807, 2.05) is 84.9 Å². The lowest BCUT2D eigenvalue weighted by atomic mass is 10.0. The Morgan fingerprint density at radius 2 is 1.43 bits per heavy atom. The van der Waals surface area contributed by atoms with Crippen LogP contribution in [-0.2, 0) is 39.1 Å². The van der Waals surface area contributed by atoms with Crippen LogP contribution in [0.2, 0.25) is 0 Å². The fourth-order valence-electron chi connectivity index (χ4n) is 4.96. The quantitative estimate of drug-likeness (QED) is 0.205. The average molecular weight is 612 g/mol. The number of rotatable bonds is 14. The van der Waals surface area contributed by atoms with Gasteiger partial charge >= 0.3 is 0 Å². The van der Waals surface area contributed by atoms with E-state index in [1.165, 1.54) is 0 Å². The molecule has 1 aliphatic carbocycles. The van der Waals surface area contributed by atoms with Crippen molar-refractivity contribution in [3.8, 4) is 5.75 Å². The summed E-state index contributed by atoms with van der Waals surface area (Å²) in [6, 6.07) is 32.2. The van der Waals surface area contributed by atoms with Gasteiger partial charge < -0.3 is 15.0 Å². The molecule has 2 amide bonds. The van der Waals surface area contributed by atoms with Crippen molar-refractivity contribution in [2.75, 3.05) is 7.11 Å². The number of hydrogen-bond donors (Lipinski definition) is 2. The van der Waals surface area contributed by atoms with E-state index in [4.69, 9.17) is 4.74 Å². The molecule has 0 bridgehead atoms. The van der Waals surface area contributed by atoms with Gasteiger partial charge in [-0.1, -0.05) is 84.9 Å². The van der Waals surface area contributed by atoms with Crippen LogP contribution in [0.1, 0.15) is 47.6 Å². The third kappa shape index (κ3) is 8.33. The number of benzene rings is 4. The molecule has 0 aromatic heterocycles. The van der Waals surface area contributed by atoms with Gasteiger partial charge in [0.2, 0.25) is 21.8 Å². The van der Waals surface area contributed by atoms with Crippen LogP contribution >= 0.6 is 0 Å². The highest BCUT2D eigenvalue weighted by Gasteiger charge is 2.31. The Balaban J connectivity index is 1.37. The molecule has 44 heavy (non-hydrogen) atoms. The first-order chi connectivity index (χ1) is 21.3. The highest BCUT2D eigenvalue weighted by Crippen LogP contribution is 2.27. The van der Waals surface area contributed by atoms with E-state index in [0.717, 1.165) is 29.5 Å². The summed E-state index contributed by atoms with van der Waals surface area (Å²) in [5.74, 6) is 0.223. The van der Waals surface area contributed by atoms with Gasteiger partial charge in [-0.15, -0.1) is 0 Å². The molecule has 0 unspecified atom stereocenters. The van der Waals surface area contributed by atoms with Gasteiger partial charge in [0.1, 0.15) is 11.8 Å². The summed E-state index contributed by atoms with van der Waals surface area (Å²) in [6.07, 6.45) is 2.25. The highest BCUT2D eigenvalue weighted by molar-refractivity contribution is 7.89. The molecule has 2 N–H and O–H groups in total. The van der Waals surface area contributed by atoms with Crippen molar-refractivity contribution in [1.29, 1.82) is 0 Å². The molecule has 8 nitrogen and oxygen atoms in total. The number of carbonyl (C=O) groups excluding carboxylic acids is 2. The number of ether oxygens (including phenoxy) is 1. The fourth-order valence-corrected chi connectivity index (χ4v) is 6.26. The molecular weight excluding hydrogens is 574 g/mol. The number of nitrogens with one attached hydrogen (secondary N) is 2. The first-order valence-electron chi connectivity index (χ1n) is 14.7. The normalized spacial score (nSPS) is 13.6. The van der Waals surface area contributed by atoms with E-state index in [-0.39, 0.29) is 35.7 Å². The number of aryl methyl sites for hydroxylation is 1. The maximum atomic E-state index is 14.0. The molecule has 0 heterocycles. The van der Waals surface area contributed by atoms with Crippen LogP contribution in [0.15, 0.2) is 114 Å². The number of amides is 2. The van der Waals surface area contributed by atoms with Crippen molar-refractivity contribution < 1.29 is 22.7 Å². The van der Waals surface area contributed by atoms with Crippen LogP contribution in [0.25, 0.3) is 0 Å². The maximum Gasteiger partial charge on any atom is 0.247 e. The third-order valence-electron chi connectivity index (χ3n) is 7.58. The Bertz CT molecular complexity index is 1640. The standard InChI is InChI=1S/C35H37N3O5S/c1-43-31-19-12-28(13-20-31)25-38(33(39)23-16-26-14-21-32(22-15-26)44(41,42)37-30-17-18-30)34(29-10-6-3-7-11-29)35(40)36-24-27-8-4-2-5-9-27/h2-15,19-22,30,34,37H,16-18,23-25H2,1H3,(H,36,40)/t34-/m1/s1. The summed E-state index contributed by atoms with van der Waals surface area (Å²) in [6.45, 7) is 0.545. The number of hydrogen-bond acceptors (Lipinski definition) is 5. The molecule has 228 valence electrons. The Morgan fingerprint density at radius 3 is 2.05 bits per heavy atom. The number of nitrogens with zero attached hydrogens (tertiary/aromatic N) is 1. The number of carbonyl (C=O) groups is 2. The first-order valence-corrected chi connectivity index (χ1v) is 16.2. The van der Waals surface area contributed by atoms with E-state index in [9.17, 15) is 18.0 Å². The van der Waals surface area contributed by atoms with Gasteiger partial charge in [-0.25, -0.2) is 13.1 Å². The molecule has 4 aromatic rings. The minimum Gasteiger partial charge on any atom is -0.497 e. The second-order valence-electron chi connectivity index (χ2n) is 10.9. The van der Waals surface area contributed by atoms with Gasteiger partial charge in [-0.05, 0) is 65.8 Å². The van der Waals surface area contributed by atoms with E-state index < -0.39 is 16.1 Å². The lowest BCUT2D eigenvalue weighted by molar-refractivity contribution is -0.141. The molecule has 0 aliphatic heterocycles. The van der Waals surface area contributed by atoms with Crippen molar-refractivity contribution in [2.24, 2.45) is 0 Å². The third-order valence-corrected chi connectivity index (χ3v) is 9.11. The highest BCUT2D eigenvalue weighted by atomic mass is 32.2. The molecule has 0 radical (unpaired) electrons. The van der Waals surface area contributed by atoms with Crippen molar-refractivity contribution in [3.05, 3.63) is 131 Å². The van der Waals surface area contributed by atoms with Crippen LogP contribution < -0.4 is 14.8 Å². The summed E-state index contributed by atoms with van der Waals surface area (Å²) in [7, 11) is -1.96. The average Bonchev–Trinajstić information content (AvgIpc) is 3.87. The van der Waals surface area contributed by atoms with Gasteiger partial charge in [0.05, 0.1) is 12.0 Å². The summed E-state index contributed by atoms with van der Waals surface area (Å²) in [4.78, 5) is 29.7. The molecule has 9 heteroatoms. The minimum absolute atomic E-state index is 0.0245. The lowest BCUT2D eigenvalue weighted by Gasteiger charge is -2.32. The number of sulfonamides is 1. The molecule has 1 saturated carbocycles. The Hall–Kier alpha value is -4.47. The molecule has 0 spiro atoms. The smallest absolute Gasteiger partial charge is 0.247 e.